The predicted molar refractivity (Wildman–Crippen MR) is 145 cm³/mol. The molecular weight excluding hydrogens is 533 g/mol. The number of hydrogen-bond donors (Lipinski definition) is 1. The quantitative estimate of drug-likeness (QED) is 0.217. The van der Waals surface area contributed by atoms with E-state index in [4.69, 9.17) is 42.1 Å². The topological polar surface area (TPSA) is 94.5 Å². The normalized spacial score (nSPS) is 16.5. The van der Waals surface area contributed by atoms with E-state index < -0.39 is 23.5 Å². The van der Waals surface area contributed by atoms with Crippen LogP contribution in [0.25, 0.3) is 5.76 Å². The molecule has 0 saturated carbocycles. The number of rotatable bonds is 7. The minimum Gasteiger partial charge on any atom is -0.507 e. The number of benzene rings is 3. The van der Waals surface area contributed by atoms with Gasteiger partial charge in [-0.05, 0) is 48.4 Å². The molecule has 1 fully saturated rings. The molecule has 0 aromatic heterocycles. The molecule has 1 aliphatic heterocycles. The van der Waals surface area contributed by atoms with E-state index >= 15 is 0 Å². The van der Waals surface area contributed by atoms with Crippen molar-refractivity contribution in [1.82, 2.24) is 0 Å². The number of anilines is 1. The molecule has 0 bridgehead atoms. The van der Waals surface area contributed by atoms with Gasteiger partial charge in [0.25, 0.3) is 11.7 Å². The lowest BCUT2D eigenvalue weighted by Gasteiger charge is -2.27. The molecule has 1 N–H and O–H groups in total. The SMILES string of the molecule is COc1cc(C2/C(=C(\O)c3cc(Cl)c(OC)c(Cl)c3)C(=O)C(=O)N2c2ccccc2C)cc(OC)c1OC. The molecule has 10 heteroatoms. The van der Waals surface area contributed by atoms with Crippen molar-refractivity contribution in [2.75, 3.05) is 33.3 Å². The first kappa shape index (κ1) is 27.2. The highest BCUT2D eigenvalue weighted by atomic mass is 35.5. The van der Waals surface area contributed by atoms with Crippen molar-refractivity contribution in [3.8, 4) is 23.0 Å². The number of Topliss-reactive ketones (excluding diaryl/α,β-unsaturated/α-hetero) is 1. The van der Waals surface area contributed by atoms with Crippen LogP contribution in [0.15, 0.2) is 54.1 Å². The van der Waals surface area contributed by atoms with E-state index in [-0.39, 0.29) is 26.9 Å². The molecule has 198 valence electrons. The Bertz CT molecular complexity index is 1420. The Kier molecular flexibility index (Phi) is 7.76. The van der Waals surface area contributed by atoms with Gasteiger partial charge in [0.2, 0.25) is 5.75 Å². The Morgan fingerprint density at radius 2 is 1.39 bits per heavy atom. The Balaban J connectivity index is 2.05. The zero-order valence-corrected chi connectivity index (χ0v) is 22.8. The third-order valence-corrected chi connectivity index (χ3v) is 6.86. The predicted octanol–water partition coefficient (Wildman–Crippen LogP) is 5.96. The highest BCUT2D eigenvalue weighted by Crippen LogP contribution is 2.48. The number of methoxy groups -OCH3 is 4. The number of ketones is 1. The van der Waals surface area contributed by atoms with E-state index in [0.29, 0.717) is 28.5 Å². The summed E-state index contributed by atoms with van der Waals surface area (Å²) in [4.78, 5) is 28.4. The number of para-hydroxylation sites is 1. The van der Waals surface area contributed by atoms with Crippen LogP contribution < -0.4 is 23.8 Å². The molecule has 1 heterocycles. The highest BCUT2D eigenvalue weighted by Gasteiger charge is 2.48. The number of ether oxygens (including phenoxy) is 4. The van der Waals surface area contributed by atoms with Gasteiger partial charge >= 0.3 is 0 Å². The third kappa shape index (κ3) is 4.50. The zero-order valence-electron chi connectivity index (χ0n) is 21.3. The first-order valence-corrected chi connectivity index (χ1v) is 12.1. The minimum atomic E-state index is -1.05. The average Bonchev–Trinajstić information content (AvgIpc) is 3.17. The summed E-state index contributed by atoms with van der Waals surface area (Å²) in [5.41, 5.74) is 1.67. The Morgan fingerprint density at radius 3 is 1.89 bits per heavy atom. The molecule has 0 spiro atoms. The molecule has 38 heavy (non-hydrogen) atoms. The molecule has 4 rings (SSSR count). The molecule has 1 atom stereocenters. The maximum Gasteiger partial charge on any atom is 0.300 e. The fourth-order valence-corrected chi connectivity index (χ4v) is 5.18. The van der Waals surface area contributed by atoms with Crippen molar-refractivity contribution in [3.05, 3.63) is 80.8 Å². The van der Waals surface area contributed by atoms with Crippen LogP contribution in [-0.2, 0) is 9.59 Å². The summed E-state index contributed by atoms with van der Waals surface area (Å²) in [6, 6.07) is 12.2. The molecule has 1 amide bonds. The minimum absolute atomic E-state index is 0.124. The van der Waals surface area contributed by atoms with E-state index in [0.717, 1.165) is 5.56 Å². The summed E-state index contributed by atoms with van der Waals surface area (Å²) in [7, 11) is 5.79. The maximum absolute atomic E-state index is 13.5. The second kappa shape index (κ2) is 10.8. The van der Waals surface area contributed by atoms with Crippen molar-refractivity contribution >= 4 is 46.3 Å². The van der Waals surface area contributed by atoms with Crippen LogP contribution in [0.1, 0.15) is 22.7 Å². The van der Waals surface area contributed by atoms with E-state index in [9.17, 15) is 14.7 Å². The van der Waals surface area contributed by atoms with Crippen LogP contribution in [0.5, 0.6) is 23.0 Å². The summed E-state index contributed by atoms with van der Waals surface area (Å²) in [5.74, 6) is -0.977. The smallest absolute Gasteiger partial charge is 0.300 e. The van der Waals surface area contributed by atoms with Crippen LogP contribution in [0, 0.1) is 6.92 Å². The second-order valence-corrected chi connectivity index (χ2v) is 9.20. The van der Waals surface area contributed by atoms with Crippen molar-refractivity contribution < 1.29 is 33.6 Å². The molecule has 3 aromatic rings. The van der Waals surface area contributed by atoms with E-state index in [1.54, 1.807) is 24.3 Å². The van der Waals surface area contributed by atoms with Crippen LogP contribution in [0.2, 0.25) is 10.0 Å². The van der Waals surface area contributed by atoms with E-state index in [1.807, 2.05) is 19.1 Å². The van der Waals surface area contributed by atoms with Crippen molar-refractivity contribution in [2.24, 2.45) is 0 Å². The number of carbonyl (C=O) groups excluding carboxylic acids is 2. The Hall–Kier alpha value is -3.88. The average molecular weight is 558 g/mol. The molecule has 0 aliphatic carbocycles. The Morgan fingerprint density at radius 1 is 0.842 bits per heavy atom. The van der Waals surface area contributed by atoms with Crippen LogP contribution in [-0.4, -0.2) is 45.2 Å². The fraction of sp³-hybridized carbons (Fsp3) is 0.214. The van der Waals surface area contributed by atoms with Crippen molar-refractivity contribution in [2.45, 2.75) is 13.0 Å². The van der Waals surface area contributed by atoms with Crippen molar-refractivity contribution in [1.29, 1.82) is 0 Å². The van der Waals surface area contributed by atoms with Crippen molar-refractivity contribution in [3.63, 3.8) is 0 Å². The first-order valence-electron chi connectivity index (χ1n) is 11.4. The lowest BCUT2D eigenvalue weighted by molar-refractivity contribution is -0.132. The number of halogens is 2. The molecule has 1 aliphatic rings. The zero-order chi connectivity index (χ0) is 27.7. The number of amides is 1. The number of hydrogen-bond acceptors (Lipinski definition) is 7. The summed E-state index contributed by atoms with van der Waals surface area (Å²) in [5, 5.41) is 11.7. The van der Waals surface area contributed by atoms with Gasteiger partial charge in [-0.25, -0.2) is 0 Å². The molecule has 8 nitrogen and oxygen atoms in total. The summed E-state index contributed by atoms with van der Waals surface area (Å²) in [6.07, 6.45) is 0. The summed E-state index contributed by atoms with van der Waals surface area (Å²) >= 11 is 12.6. The number of carbonyl (C=O) groups is 2. The van der Waals surface area contributed by atoms with Gasteiger partial charge in [0.15, 0.2) is 17.2 Å². The largest absolute Gasteiger partial charge is 0.507 e. The van der Waals surface area contributed by atoms with Gasteiger partial charge in [0.05, 0.1) is 50.1 Å². The lowest BCUT2D eigenvalue weighted by atomic mass is 9.94. The van der Waals surface area contributed by atoms with Crippen LogP contribution in [0.4, 0.5) is 5.69 Å². The molecule has 1 unspecified atom stereocenters. The Labute approximate surface area is 229 Å². The maximum atomic E-state index is 13.5. The fourth-order valence-electron chi connectivity index (χ4n) is 4.54. The van der Waals surface area contributed by atoms with Gasteiger partial charge in [-0.15, -0.1) is 0 Å². The molecule has 0 radical (unpaired) electrons. The first-order chi connectivity index (χ1) is 18.2. The monoisotopic (exact) mass is 557 g/mol. The summed E-state index contributed by atoms with van der Waals surface area (Å²) in [6.45, 7) is 1.82. The number of aliphatic hydroxyl groups is 1. The lowest BCUT2D eigenvalue weighted by Crippen LogP contribution is -2.30. The van der Waals surface area contributed by atoms with Gasteiger partial charge in [-0.3, -0.25) is 14.5 Å². The summed E-state index contributed by atoms with van der Waals surface area (Å²) < 4.78 is 21.7. The molecule has 1 saturated heterocycles. The highest BCUT2D eigenvalue weighted by molar-refractivity contribution is 6.52. The molecule has 3 aromatic carbocycles. The number of aliphatic hydroxyl groups excluding tert-OH is 1. The van der Waals surface area contributed by atoms with E-state index in [2.05, 4.69) is 0 Å². The van der Waals surface area contributed by atoms with Gasteiger partial charge in [0, 0.05) is 11.3 Å². The number of aryl methyl sites for hydroxylation is 1. The third-order valence-electron chi connectivity index (χ3n) is 6.30. The van der Waals surface area contributed by atoms with Crippen LogP contribution in [0.3, 0.4) is 0 Å². The van der Waals surface area contributed by atoms with Gasteiger partial charge in [-0.1, -0.05) is 41.4 Å². The van der Waals surface area contributed by atoms with Gasteiger partial charge in [0.1, 0.15) is 5.76 Å². The van der Waals surface area contributed by atoms with E-state index in [1.165, 1.54) is 45.5 Å². The second-order valence-electron chi connectivity index (χ2n) is 8.39. The standard InChI is InChI=1S/C28H25Cl2NO7/c1-14-8-6-7-9-19(14)31-23(15-12-20(35-2)27(38-5)21(13-15)36-3)22(25(33)28(31)34)24(32)16-10-17(29)26(37-4)18(30)11-16/h6-13,23,32H,1-5H3/b24-22+. The molecular formula is C28H25Cl2NO7. The van der Waals surface area contributed by atoms with Crippen LogP contribution >= 0.6 is 23.2 Å². The van der Waals surface area contributed by atoms with Gasteiger partial charge in [-0.2, -0.15) is 0 Å². The van der Waals surface area contributed by atoms with Gasteiger partial charge < -0.3 is 24.1 Å². The number of nitrogens with zero attached hydrogens (tertiary/aromatic N) is 1.